The first-order valence-corrected chi connectivity index (χ1v) is 5.12. The van der Waals surface area contributed by atoms with Gasteiger partial charge in [-0.25, -0.2) is 10.3 Å². The first-order chi connectivity index (χ1) is 8.06. The molecule has 0 aromatic heterocycles. The van der Waals surface area contributed by atoms with Crippen molar-refractivity contribution in [1.82, 2.24) is 10.6 Å². The van der Waals surface area contributed by atoms with Gasteiger partial charge in [0.25, 0.3) is 5.91 Å². The molecular formula is C11H12N4O2. The number of nitrogens with one attached hydrogen (secondary N) is 3. The molecule has 0 spiro atoms. The Morgan fingerprint density at radius 3 is 2.41 bits per heavy atom. The second-order valence-corrected chi connectivity index (χ2v) is 4.05. The number of rotatable bonds is 3. The summed E-state index contributed by atoms with van der Waals surface area (Å²) in [5.74, 6) is -0.361. The third-order valence-electron chi connectivity index (χ3n) is 2.84. The number of hydrogen-bond acceptors (Lipinski definition) is 4. The minimum atomic E-state index is -1.02. The summed E-state index contributed by atoms with van der Waals surface area (Å²) in [6.45, 7) is 1.96. The lowest BCUT2D eigenvalue weighted by Gasteiger charge is -2.21. The molecule has 0 saturated carbocycles. The first kappa shape index (κ1) is 11.3. The minimum Gasteiger partial charge on any atom is -0.320 e. The Hall–Kier alpha value is -2.24. The van der Waals surface area contributed by atoms with Gasteiger partial charge in [0.2, 0.25) is 0 Å². The average Bonchev–Trinajstić information content (AvgIpc) is 2.55. The van der Waals surface area contributed by atoms with Crippen molar-refractivity contribution in [1.29, 1.82) is 5.53 Å². The van der Waals surface area contributed by atoms with E-state index >= 15 is 0 Å². The van der Waals surface area contributed by atoms with Crippen LogP contribution < -0.4 is 10.6 Å². The number of amides is 3. The average molecular weight is 232 g/mol. The van der Waals surface area contributed by atoms with Gasteiger partial charge in [0, 0.05) is 0 Å². The molecule has 1 aliphatic heterocycles. The van der Waals surface area contributed by atoms with Crippen molar-refractivity contribution in [3.8, 4) is 0 Å². The predicted octanol–water partition coefficient (Wildman–Crippen LogP) is 1.27. The highest BCUT2D eigenvalue weighted by molar-refractivity contribution is 6.07. The maximum Gasteiger partial charge on any atom is 0.322 e. The van der Waals surface area contributed by atoms with Gasteiger partial charge in [-0.05, 0) is 18.1 Å². The predicted molar refractivity (Wildman–Crippen MR) is 59.3 cm³/mol. The molecule has 1 aliphatic rings. The monoisotopic (exact) mass is 232 g/mol. The van der Waals surface area contributed by atoms with Crippen molar-refractivity contribution in [3.05, 3.63) is 35.4 Å². The smallest absolute Gasteiger partial charge is 0.320 e. The van der Waals surface area contributed by atoms with Crippen LogP contribution in [0.2, 0.25) is 0 Å². The quantitative estimate of drug-likeness (QED) is 0.540. The molecule has 1 aromatic carbocycles. The molecule has 0 aliphatic carbocycles. The Balaban J connectivity index is 2.30. The number of carbonyl (C=O) groups excluding carboxylic acids is 2. The lowest BCUT2D eigenvalue weighted by Crippen LogP contribution is -2.40. The second kappa shape index (κ2) is 3.97. The lowest BCUT2D eigenvalue weighted by atomic mass is 9.91. The Labute approximate surface area is 97.9 Å². The Bertz CT molecular complexity index is 483. The lowest BCUT2D eigenvalue weighted by molar-refractivity contribution is -0.123. The number of urea groups is 1. The van der Waals surface area contributed by atoms with Crippen LogP contribution in [0.1, 0.15) is 18.1 Å². The summed E-state index contributed by atoms with van der Waals surface area (Å²) in [6, 6.07) is 6.60. The van der Waals surface area contributed by atoms with E-state index in [9.17, 15) is 9.59 Å². The van der Waals surface area contributed by atoms with Crippen molar-refractivity contribution >= 4 is 11.9 Å². The van der Waals surface area contributed by atoms with Gasteiger partial charge >= 0.3 is 6.03 Å². The van der Waals surface area contributed by atoms with Gasteiger partial charge in [0.15, 0.2) is 0 Å². The highest BCUT2D eigenvalue weighted by atomic mass is 16.2. The minimum absolute atomic E-state index is 0.315. The third kappa shape index (κ3) is 1.89. The van der Waals surface area contributed by atoms with Crippen molar-refractivity contribution in [3.63, 3.8) is 0 Å². The van der Waals surface area contributed by atoms with Gasteiger partial charge in [-0.15, -0.1) is 0 Å². The Morgan fingerprint density at radius 2 is 1.94 bits per heavy atom. The summed E-state index contributed by atoms with van der Waals surface area (Å²) in [5.41, 5.74) is 7.33. The summed E-state index contributed by atoms with van der Waals surface area (Å²) in [5, 5.41) is 8.07. The maximum absolute atomic E-state index is 11.7. The van der Waals surface area contributed by atoms with Crippen LogP contribution in [0, 0.1) is 5.53 Å². The fraction of sp³-hybridized carbons (Fsp3) is 0.273. The normalized spacial score (nSPS) is 23.1. The SMILES string of the molecule is C[C@]1(c2ccc(CN=N)cc2)NC(=O)NC1=O. The van der Waals surface area contributed by atoms with E-state index in [1.165, 1.54) is 0 Å². The van der Waals surface area contributed by atoms with Gasteiger partial charge in [-0.3, -0.25) is 10.1 Å². The van der Waals surface area contributed by atoms with E-state index < -0.39 is 11.6 Å². The summed E-state index contributed by atoms with van der Waals surface area (Å²) in [6.07, 6.45) is 0. The number of nitrogens with zero attached hydrogens (tertiary/aromatic N) is 1. The highest BCUT2D eigenvalue weighted by Crippen LogP contribution is 2.24. The largest absolute Gasteiger partial charge is 0.322 e. The fourth-order valence-corrected chi connectivity index (χ4v) is 1.78. The van der Waals surface area contributed by atoms with Gasteiger partial charge < -0.3 is 5.32 Å². The number of benzene rings is 1. The molecule has 1 atom stereocenters. The molecule has 1 saturated heterocycles. The van der Waals surface area contributed by atoms with Gasteiger partial charge in [0.1, 0.15) is 5.54 Å². The number of hydrogen-bond donors (Lipinski definition) is 3. The van der Waals surface area contributed by atoms with E-state index in [0.29, 0.717) is 12.1 Å². The first-order valence-electron chi connectivity index (χ1n) is 5.12. The zero-order valence-corrected chi connectivity index (χ0v) is 9.28. The number of imide groups is 1. The van der Waals surface area contributed by atoms with Crippen LogP contribution in [0.15, 0.2) is 29.4 Å². The van der Waals surface area contributed by atoms with E-state index in [2.05, 4.69) is 15.7 Å². The van der Waals surface area contributed by atoms with Gasteiger partial charge in [-0.1, -0.05) is 24.3 Å². The summed E-state index contributed by atoms with van der Waals surface area (Å²) < 4.78 is 0. The van der Waals surface area contributed by atoms with Crippen LogP contribution in [0.4, 0.5) is 4.79 Å². The van der Waals surface area contributed by atoms with Crippen molar-refractivity contribution in [2.75, 3.05) is 0 Å². The van der Waals surface area contributed by atoms with Crippen LogP contribution in [-0.4, -0.2) is 11.9 Å². The maximum atomic E-state index is 11.7. The van der Waals surface area contributed by atoms with Crippen molar-refractivity contribution < 1.29 is 9.59 Å². The molecule has 2 rings (SSSR count). The van der Waals surface area contributed by atoms with E-state index in [-0.39, 0.29) is 5.91 Å². The molecule has 0 bridgehead atoms. The van der Waals surface area contributed by atoms with Crippen LogP contribution >= 0.6 is 0 Å². The third-order valence-corrected chi connectivity index (χ3v) is 2.84. The van der Waals surface area contributed by atoms with Crippen LogP contribution in [-0.2, 0) is 16.9 Å². The summed E-state index contributed by atoms with van der Waals surface area (Å²) in [4.78, 5) is 22.8. The van der Waals surface area contributed by atoms with Crippen LogP contribution in [0.25, 0.3) is 0 Å². The molecule has 0 radical (unpaired) electrons. The van der Waals surface area contributed by atoms with Gasteiger partial charge in [-0.2, -0.15) is 5.11 Å². The molecular weight excluding hydrogens is 220 g/mol. The summed E-state index contributed by atoms with van der Waals surface area (Å²) in [7, 11) is 0. The van der Waals surface area contributed by atoms with Crippen LogP contribution in [0.3, 0.4) is 0 Å². The molecule has 3 amide bonds. The van der Waals surface area contributed by atoms with E-state index in [1.54, 1.807) is 31.2 Å². The zero-order chi connectivity index (χ0) is 12.5. The highest BCUT2D eigenvalue weighted by Gasteiger charge is 2.43. The molecule has 6 nitrogen and oxygen atoms in total. The molecule has 17 heavy (non-hydrogen) atoms. The van der Waals surface area contributed by atoms with E-state index in [4.69, 9.17) is 5.53 Å². The molecule has 1 heterocycles. The van der Waals surface area contributed by atoms with Gasteiger partial charge in [0.05, 0.1) is 6.54 Å². The zero-order valence-electron chi connectivity index (χ0n) is 9.28. The van der Waals surface area contributed by atoms with Crippen molar-refractivity contribution in [2.45, 2.75) is 19.0 Å². The van der Waals surface area contributed by atoms with Crippen LogP contribution in [0.5, 0.6) is 0 Å². The molecule has 3 N–H and O–H groups in total. The molecule has 88 valence electrons. The molecule has 6 heteroatoms. The molecule has 1 aromatic rings. The second-order valence-electron chi connectivity index (χ2n) is 4.05. The standard InChI is InChI=1S/C11H12N4O2/c1-11(9(16)14-10(17)15-11)8-4-2-7(3-5-8)6-13-12/h2-5,12H,6H2,1H3,(H2,14,15,16,17)/t11-/m1/s1. The van der Waals surface area contributed by atoms with Crippen molar-refractivity contribution in [2.24, 2.45) is 5.11 Å². The molecule has 1 fully saturated rings. The van der Waals surface area contributed by atoms with E-state index in [1.807, 2.05) is 0 Å². The fourth-order valence-electron chi connectivity index (χ4n) is 1.78. The van der Waals surface area contributed by atoms with E-state index in [0.717, 1.165) is 5.56 Å². The topological polar surface area (TPSA) is 94.4 Å². The number of carbonyl (C=O) groups is 2. The molecule has 0 unspecified atom stereocenters. The summed E-state index contributed by atoms with van der Waals surface area (Å²) >= 11 is 0. The Morgan fingerprint density at radius 1 is 1.29 bits per heavy atom. The Kier molecular flexibility index (Phi) is 2.63.